The zero-order valence-electron chi connectivity index (χ0n) is 15.5. The smallest absolute Gasteiger partial charge is 0.303 e. The van der Waals surface area contributed by atoms with Gasteiger partial charge >= 0.3 is 5.97 Å². The molecule has 3 atom stereocenters. The van der Waals surface area contributed by atoms with Crippen molar-refractivity contribution < 1.29 is 19.8 Å². The Kier molecular flexibility index (Phi) is 10.1. The summed E-state index contributed by atoms with van der Waals surface area (Å²) >= 11 is 0. The third-order valence-electron chi connectivity index (χ3n) is 4.68. The molecule has 2 N–H and O–H groups in total. The molecule has 0 bridgehead atoms. The van der Waals surface area contributed by atoms with E-state index in [0.29, 0.717) is 6.42 Å². The molecule has 0 heterocycles. The molecule has 0 saturated carbocycles. The van der Waals surface area contributed by atoms with Crippen molar-refractivity contribution in [3.05, 3.63) is 36.0 Å². The first kappa shape index (κ1) is 21.4. The molecular formula is C21H32O4. The molecule has 0 aromatic rings. The van der Waals surface area contributed by atoms with E-state index in [1.165, 1.54) is 0 Å². The Balaban J connectivity index is 2.49. The van der Waals surface area contributed by atoms with Gasteiger partial charge in [0.15, 0.2) is 5.78 Å². The first-order valence-electron chi connectivity index (χ1n) is 9.41. The molecule has 1 aliphatic rings. The minimum Gasteiger partial charge on any atom is -0.481 e. The third-order valence-corrected chi connectivity index (χ3v) is 4.68. The van der Waals surface area contributed by atoms with Crippen LogP contribution in [0, 0.1) is 11.8 Å². The first-order valence-corrected chi connectivity index (χ1v) is 9.41. The van der Waals surface area contributed by atoms with Crippen molar-refractivity contribution in [1.82, 2.24) is 0 Å². The molecule has 4 nitrogen and oxygen atoms in total. The highest BCUT2D eigenvalue weighted by Gasteiger charge is 2.31. The quantitative estimate of drug-likeness (QED) is 0.404. The number of hydrogen-bond donors (Lipinski definition) is 2. The number of carboxylic acids is 1. The highest BCUT2D eigenvalue weighted by Crippen LogP contribution is 2.33. The Morgan fingerprint density at radius 1 is 1.28 bits per heavy atom. The van der Waals surface area contributed by atoms with Crippen LogP contribution in [-0.2, 0) is 9.59 Å². The van der Waals surface area contributed by atoms with E-state index in [-0.39, 0.29) is 24.0 Å². The lowest BCUT2D eigenvalue weighted by Gasteiger charge is -2.16. The summed E-state index contributed by atoms with van der Waals surface area (Å²) in [5.74, 6) is -0.707. The number of allylic oxidation sites excluding steroid dienone is 5. The van der Waals surface area contributed by atoms with Crippen LogP contribution in [0.2, 0.25) is 0 Å². The van der Waals surface area contributed by atoms with Gasteiger partial charge in [0.05, 0.1) is 6.10 Å². The summed E-state index contributed by atoms with van der Waals surface area (Å²) in [5, 5.41) is 18.6. The number of aliphatic carboxylic acids is 1. The number of hydrogen-bond acceptors (Lipinski definition) is 3. The normalized spacial score (nSPS) is 22.0. The molecule has 0 aromatic heterocycles. The van der Waals surface area contributed by atoms with Crippen molar-refractivity contribution >= 4 is 11.8 Å². The van der Waals surface area contributed by atoms with E-state index >= 15 is 0 Å². The van der Waals surface area contributed by atoms with Gasteiger partial charge in [0.2, 0.25) is 0 Å². The zero-order chi connectivity index (χ0) is 18.7. The van der Waals surface area contributed by atoms with Gasteiger partial charge < -0.3 is 10.2 Å². The maximum atomic E-state index is 12.2. The molecule has 0 aromatic carbocycles. The van der Waals surface area contributed by atoms with Crippen LogP contribution in [0.4, 0.5) is 0 Å². The molecular weight excluding hydrogens is 316 g/mol. The lowest BCUT2D eigenvalue weighted by Crippen LogP contribution is -2.15. The largest absolute Gasteiger partial charge is 0.481 e. The minimum atomic E-state index is -0.767. The fourth-order valence-corrected chi connectivity index (χ4v) is 3.15. The van der Waals surface area contributed by atoms with E-state index in [1.54, 1.807) is 12.2 Å². The van der Waals surface area contributed by atoms with Gasteiger partial charge in [0.25, 0.3) is 0 Å². The standard InChI is InChI=1S/C21H32O4/c1-3-4-7-10-17(22)13-14-19-18(16(2)15-20(19)23)11-8-5-6-9-12-21(24)25/h5,8,13-15,17-19,22H,3-4,6-7,9-12H2,1-2H3,(H,24,25)/b8-5?,14-13+/t17-,18+,19-/m0/s1. The van der Waals surface area contributed by atoms with Crippen LogP contribution in [0.3, 0.4) is 0 Å². The number of carbonyl (C=O) groups is 2. The van der Waals surface area contributed by atoms with Crippen LogP contribution >= 0.6 is 0 Å². The van der Waals surface area contributed by atoms with Gasteiger partial charge in [-0.05, 0) is 44.6 Å². The fraction of sp³-hybridized carbons (Fsp3) is 0.619. The topological polar surface area (TPSA) is 74.6 Å². The van der Waals surface area contributed by atoms with Crippen molar-refractivity contribution in [3.63, 3.8) is 0 Å². The number of carboxylic acid groups (broad SMARTS) is 1. The molecule has 0 saturated heterocycles. The summed E-state index contributed by atoms with van der Waals surface area (Å²) in [6.45, 7) is 4.11. The highest BCUT2D eigenvalue weighted by atomic mass is 16.4. The predicted molar refractivity (Wildman–Crippen MR) is 100 cm³/mol. The summed E-state index contributed by atoms with van der Waals surface area (Å²) in [5.41, 5.74) is 1.08. The molecule has 0 amide bonds. The van der Waals surface area contributed by atoms with Crippen molar-refractivity contribution in [2.45, 2.75) is 71.3 Å². The molecule has 0 spiro atoms. The van der Waals surface area contributed by atoms with Crippen LogP contribution in [0.25, 0.3) is 0 Å². The number of ketones is 1. The van der Waals surface area contributed by atoms with E-state index in [4.69, 9.17) is 5.11 Å². The third kappa shape index (κ3) is 8.30. The average molecular weight is 348 g/mol. The predicted octanol–water partition coefficient (Wildman–Crippen LogP) is 4.45. The van der Waals surface area contributed by atoms with Crippen molar-refractivity contribution in [1.29, 1.82) is 0 Å². The summed E-state index contributed by atoms with van der Waals surface area (Å²) in [7, 11) is 0. The summed E-state index contributed by atoms with van der Waals surface area (Å²) in [6.07, 6.45) is 15.2. The van der Waals surface area contributed by atoms with Crippen molar-refractivity contribution in [2.75, 3.05) is 0 Å². The van der Waals surface area contributed by atoms with Crippen molar-refractivity contribution in [2.24, 2.45) is 11.8 Å². The molecule has 0 radical (unpaired) electrons. The van der Waals surface area contributed by atoms with Crippen LogP contribution in [-0.4, -0.2) is 28.1 Å². The van der Waals surface area contributed by atoms with Gasteiger partial charge in [0, 0.05) is 12.3 Å². The molecule has 25 heavy (non-hydrogen) atoms. The van der Waals surface area contributed by atoms with E-state index in [0.717, 1.165) is 44.1 Å². The molecule has 0 fully saturated rings. The molecule has 0 aliphatic heterocycles. The lowest BCUT2D eigenvalue weighted by molar-refractivity contribution is -0.137. The summed E-state index contributed by atoms with van der Waals surface area (Å²) in [4.78, 5) is 22.7. The Labute approximate surface area is 151 Å². The van der Waals surface area contributed by atoms with Crippen LogP contribution < -0.4 is 0 Å². The monoisotopic (exact) mass is 348 g/mol. The SMILES string of the molecule is CCCCC[C@H](O)/C=C/[C@@H]1C(=O)C=C(C)[C@H]1CC=CCCCC(=O)O. The lowest BCUT2D eigenvalue weighted by atomic mass is 9.87. The second-order valence-electron chi connectivity index (χ2n) is 6.86. The van der Waals surface area contributed by atoms with Gasteiger partial charge in [-0.25, -0.2) is 0 Å². The maximum absolute atomic E-state index is 12.2. The number of aliphatic hydroxyl groups excluding tert-OH is 1. The fourth-order valence-electron chi connectivity index (χ4n) is 3.15. The maximum Gasteiger partial charge on any atom is 0.303 e. The van der Waals surface area contributed by atoms with Gasteiger partial charge in [-0.15, -0.1) is 0 Å². The van der Waals surface area contributed by atoms with Gasteiger partial charge in [-0.1, -0.05) is 56.1 Å². The van der Waals surface area contributed by atoms with Gasteiger partial charge in [0.1, 0.15) is 0 Å². The van der Waals surface area contributed by atoms with E-state index in [9.17, 15) is 14.7 Å². The Morgan fingerprint density at radius 2 is 2.04 bits per heavy atom. The Hall–Kier alpha value is -1.68. The van der Waals surface area contributed by atoms with E-state index < -0.39 is 12.1 Å². The summed E-state index contributed by atoms with van der Waals surface area (Å²) in [6, 6.07) is 0. The summed E-state index contributed by atoms with van der Waals surface area (Å²) < 4.78 is 0. The van der Waals surface area contributed by atoms with Crippen LogP contribution in [0.15, 0.2) is 36.0 Å². The Morgan fingerprint density at radius 3 is 2.72 bits per heavy atom. The second-order valence-corrected chi connectivity index (χ2v) is 6.86. The highest BCUT2D eigenvalue weighted by molar-refractivity contribution is 5.96. The molecule has 0 unspecified atom stereocenters. The zero-order valence-corrected chi connectivity index (χ0v) is 15.5. The molecule has 1 aliphatic carbocycles. The van der Waals surface area contributed by atoms with Crippen LogP contribution in [0.5, 0.6) is 0 Å². The van der Waals surface area contributed by atoms with Crippen LogP contribution in [0.1, 0.15) is 65.2 Å². The van der Waals surface area contributed by atoms with E-state index in [2.05, 4.69) is 6.92 Å². The van der Waals surface area contributed by atoms with Gasteiger partial charge in [-0.3, -0.25) is 9.59 Å². The molecule has 1 rings (SSSR count). The number of unbranched alkanes of at least 4 members (excludes halogenated alkanes) is 3. The average Bonchev–Trinajstić information content (AvgIpc) is 2.82. The van der Waals surface area contributed by atoms with E-state index in [1.807, 2.05) is 25.2 Å². The van der Waals surface area contributed by atoms with Crippen molar-refractivity contribution in [3.8, 4) is 0 Å². The molecule has 140 valence electrons. The minimum absolute atomic E-state index is 0.110. The first-order chi connectivity index (χ1) is 12.0. The second kappa shape index (κ2) is 11.8. The number of carbonyl (C=O) groups excluding carboxylic acids is 1. The van der Waals surface area contributed by atoms with Gasteiger partial charge in [-0.2, -0.15) is 0 Å². The number of aliphatic hydroxyl groups is 1. The molecule has 4 heteroatoms. The number of rotatable bonds is 12. The Bertz CT molecular complexity index is 516.